The van der Waals surface area contributed by atoms with E-state index >= 15 is 0 Å². The van der Waals surface area contributed by atoms with Crippen LogP contribution in [0.1, 0.15) is 24.1 Å². The number of ether oxygens (including phenoxy) is 3. The molecule has 7 nitrogen and oxygen atoms in total. The lowest BCUT2D eigenvalue weighted by Gasteiger charge is -2.32. The van der Waals surface area contributed by atoms with Crippen molar-refractivity contribution >= 4 is 16.7 Å². The third-order valence-electron chi connectivity index (χ3n) is 5.98. The van der Waals surface area contributed by atoms with Crippen molar-refractivity contribution < 1.29 is 14.2 Å². The maximum absolute atomic E-state index is 6.17. The molecule has 32 heavy (non-hydrogen) atoms. The van der Waals surface area contributed by atoms with Crippen molar-refractivity contribution in [1.29, 1.82) is 0 Å². The molecule has 0 unspecified atom stereocenters. The van der Waals surface area contributed by atoms with E-state index in [1.807, 2.05) is 43.5 Å². The highest BCUT2D eigenvalue weighted by atomic mass is 16.5. The first-order chi connectivity index (χ1) is 15.6. The van der Waals surface area contributed by atoms with Crippen molar-refractivity contribution in [3.05, 3.63) is 53.9 Å². The third kappa shape index (κ3) is 5.66. The highest BCUT2D eigenvalue weighted by molar-refractivity contribution is 5.81. The average molecular weight is 437 g/mol. The fraction of sp³-hybridized carbons (Fsp3) is 0.440. The van der Waals surface area contributed by atoms with Crippen molar-refractivity contribution in [2.75, 3.05) is 45.7 Å². The Balaban J connectivity index is 1.19. The molecule has 0 spiro atoms. The van der Waals surface area contributed by atoms with Gasteiger partial charge in [-0.05, 0) is 55.7 Å². The van der Waals surface area contributed by atoms with E-state index in [4.69, 9.17) is 19.2 Å². The molecule has 0 aliphatic carbocycles. The molecule has 170 valence electrons. The Morgan fingerprint density at radius 3 is 2.50 bits per heavy atom. The van der Waals surface area contributed by atoms with Gasteiger partial charge >= 0.3 is 0 Å². The Morgan fingerprint density at radius 1 is 1.03 bits per heavy atom. The van der Waals surface area contributed by atoms with E-state index in [0.717, 1.165) is 78.5 Å². The molecule has 7 heteroatoms. The minimum Gasteiger partial charge on any atom is -0.497 e. The Morgan fingerprint density at radius 2 is 1.78 bits per heavy atom. The third-order valence-corrected chi connectivity index (χ3v) is 5.98. The summed E-state index contributed by atoms with van der Waals surface area (Å²) in [6, 6.07) is 12.0. The molecule has 1 N–H and O–H groups in total. The fourth-order valence-corrected chi connectivity index (χ4v) is 4.10. The molecule has 1 aliphatic rings. The van der Waals surface area contributed by atoms with Crippen molar-refractivity contribution in [1.82, 2.24) is 14.9 Å². The van der Waals surface area contributed by atoms with Gasteiger partial charge in [0.2, 0.25) is 0 Å². The summed E-state index contributed by atoms with van der Waals surface area (Å²) >= 11 is 0. The summed E-state index contributed by atoms with van der Waals surface area (Å²) in [6.07, 6.45) is 4.18. The summed E-state index contributed by atoms with van der Waals surface area (Å²) in [6.45, 7) is 6.54. The zero-order valence-electron chi connectivity index (χ0n) is 19.1. The van der Waals surface area contributed by atoms with Crippen molar-refractivity contribution in [2.45, 2.75) is 32.5 Å². The molecule has 3 aromatic rings. The first-order valence-electron chi connectivity index (χ1n) is 11.2. The van der Waals surface area contributed by atoms with Gasteiger partial charge in [-0.3, -0.25) is 4.98 Å². The summed E-state index contributed by atoms with van der Waals surface area (Å²) in [5, 5.41) is 4.56. The number of nitrogens with one attached hydrogen (secondary N) is 1. The van der Waals surface area contributed by atoms with Crippen molar-refractivity contribution in [3.63, 3.8) is 0 Å². The molecule has 0 radical (unpaired) electrons. The Hall–Kier alpha value is -2.90. The topological polar surface area (TPSA) is 68.7 Å². The van der Waals surface area contributed by atoms with E-state index < -0.39 is 0 Å². The number of hydrogen-bond acceptors (Lipinski definition) is 7. The minimum absolute atomic E-state index is 0.287. The number of aromatic nitrogens is 2. The van der Waals surface area contributed by atoms with E-state index in [9.17, 15) is 0 Å². The number of piperidine rings is 1. The van der Waals surface area contributed by atoms with Crippen LogP contribution in [-0.2, 0) is 11.3 Å². The van der Waals surface area contributed by atoms with E-state index in [1.165, 1.54) is 0 Å². The molecule has 1 fully saturated rings. The molecule has 1 saturated heterocycles. The fourth-order valence-electron chi connectivity index (χ4n) is 4.10. The number of pyridine rings is 2. The largest absolute Gasteiger partial charge is 0.497 e. The number of nitrogens with zero attached hydrogens (tertiary/aromatic N) is 3. The van der Waals surface area contributed by atoms with E-state index in [-0.39, 0.29) is 6.10 Å². The summed E-state index contributed by atoms with van der Waals surface area (Å²) in [4.78, 5) is 11.5. The number of likely N-dealkylation sites (tertiary alicyclic amines) is 1. The van der Waals surface area contributed by atoms with Crippen LogP contribution in [0.15, 0.2) is 42.6 Å². The molecule has 4 rings (SSSR count). The number of hydrogen-bond donors (Lipinski definition) is 1. The van der Waals surface area contributed by atoms with Gasteiger partial charge < -0.3 is 24.4 Å². The van der Waals surface area contributed by atoms with Crippen LogP contribution in [0.25, 0.3) is 10.9 Å². The van der Waals surface area contributed by atoms with Crippen LogP contribution >= 0.6 is 0 Å². The normalized spacial score (nSPS) is 15.1. The van der Waals surface area contributed by atoms with Gasteiger partial charge in [0.05, 0.1) is 32.4 Å². The molecule has 0 amide bonds. The number of fused-ring (bicyclic) bond motifs is 1. The lowest BCUT2D eigenvalue weighted by molar-refractivity contribution is -0.00178. The Labute approximate surface area is 189 Å². The van der Waals surface area contributed by atoms with Gasteiger partial charge in [-0.15, -0.1) is 0 Å². The van der Waals surface area contributed by atoms with Crippen molar-refractivity contribution in [2.24, 2.45) is 0 Å². The van der Waals surface area contributed by atoms with Crippen LogP contribution in [0.3, 0.4) is 0 Å². The SMILES string of the molecule is COc1cc(COC2CCN(CCNc3ccc4c(C)nccc4n3)CC2)cc(OC)c1. The summed E-state index contributed by atoms with van der Waals surface area (Å²) in [5.74, 6) is 2.49. The average Bonchev–Trinajstić information content (AvgIpc) is 2.83. The van der Waals surface area contributed by atoms with Gasteiger partial charge in [0.15, 0.2) is 0 Å². The molecule has 0 saturated carbocycles. The molecular formula is C25H32N4O3. The predicted molar refractivity (Wildman–Crippen MR) is 127 cm³/mol. The molecule has 1 aromatic carbocycles. The zero-order chi connectivity index (χ0) is 22.3. The lowest BCUT2D eigenvalue weighted by atomic mass is 10.1. The molecular weight excluding hydrogens is 404 g/mol. The second-order valence-electron chi connectivity index (χ2n) is 8.16. The van der Waals surface area contributed by atoms with E-state index in [2.05, 4.69) is 21.3 Å². The Bertz CT molecular complexity index is 1010. The number of aryl methyl sites for hydroxylation is 1. The van der Waals surface area contributed by atoms with Crippen LogP contribution in [0.2, 0.25) is 0 Å². The van der Waals surface area contributed by atoms with E-state index in [1.54, 1.807) is 14.2 Å². The second-order valence-corrected chi connectivity index (χ2v) is 8.16. The zero-order valence-corrected chi connectivity index (χ0v) is 19.1. The van der Waals surface area contributed by atoms with Gasteiger partial charge in [0, 0.05) is 49.5 Å². The van der Waals surface area contributed by atoms with Crippen LogP contribution in [0.4, 0.5) is 5.82 Å². The van der Waals surface area contributed by atoms with Gasteiger partial charge in [-0.2, -0.15) is 0 Å². The molecule has 2 aromatic heterocycles. The van der Waals surface area contributed by atoms with Gasteiger partial charge in [-0.25, -0.2) is 4.98 Å². The van der Waals surface area contributed by atoms with Gasteiger partial charge in [0.25, 0.3) is 0 Å². The first kappa shape index (κ1) is 22.3. The maximum atomic E-state index is 6.17. The van der Waals surface area contributed by atoms with Crippen molar-refractivity contribution in [3.8, 4) is 11.5 Å². The van der Waals surface area contributed by atoms with Crippen LogP contribution in [0.5, 0.6) is 11.5 Å². The monoisotopic (exact) mass is 436 g/mol. The Kier molecular flexibility index (Phi) is 7.39. The van der Waals surface area contributed by atoms with Gasteiger partial charge in [0.1, 0.15) is 17.3 Å². The van der Waals surface area contributed by atoms with Crippen LogP contribution in [-0.4, -0.2) is 61.4 Å². The standard InChI is InChI=1S/C25H32N4O3/c1-18-23-4-5-25(28-24(23)6-9-26-18)27-10-13-29-11-7-20(8-12-29)32-17-19-14-21(30-2)16-22(15-19)31-3/h4-6,9,14-16,20H,7-8,10-13,17H2,1-3H3,(H,27,28). The lowest BCUT2D eigenvalue weighted by Crippen LogP contribution is -2.39. The van der Waals surface area contributed by atoms with Crippen LogP contribution < -0.4 is 14.8 Å². The van der Waals surface area contributed by atoms with Crippen LogP contribution in [0, 0.1) is 6.92 Å². The summed E-state index contributed by atoms with van der Waals surface area (Å²) in [5.41, 5.74) is 3.06. The molecule has 1 aliphatic heterocycles. The molecule has 0 bridgehead atoms. The summed E-state index contributed by atoms with van der Waals surface area (Å²) in [7, 11) is 3.33. The molecule has 3 heterocycles. The van der Waals surface area contributed by atoms with E-state index in [0.29, 0.717) is 6.61 Å². The smallest absolute Gasteiger partial charge is 0.126 e. The number of rotatable bonds is 9. The quantitative estimate of drug-likeness (QED) is 0.543. The summed E-state index contributed by atoms with van der Waals surface area (Å²) < 4.78 is 16.9. The number of methoxy groups -OCH3 is 2. The minimum atomic E-state index is 0.287. The first-order valence-corrected chi connectivity index (χ1v) is 11.2. The second kappa shape index (κ2) is 10.6. The van der Waals surface area contributed by atoms with Gasteiger partial charge in [-0.1, -0.05) is 0 Å². The highest BCUT2D eigenvalue weighted by Gasteiger charge is 2.19. The number of benzene rings is 1. The predicted octanol–water partition coefficient (Wildman–Crippen LogP) is 4.05. The molecule has 0 atom stereocenters. The number of anilines is 1. The maximum Gasteiger partial charge on any atom is 0.126 e. The highest BCUT2D eigenvalue weighted by Crippen LogP contribution is 2.24.